The van der Waals surface area contributed by atoms with Gasteiger partial charge in [-0.1, -0.05) is 6.92 Å². The lowest BCUT2D eigenvalue weighted by atomic mass is 10.1. The molecule has 0 radical (unpaired) electrons. The summed E-state index contributed by atoms with van der Waals surface area (Å²) in [5.41, 5.74) is 6.40. The normalized spacial score (nSPS) is 12.3. The van der Waals surface area contributed by atoms with Gasteiger partial charge >= 0.3 is 0 Å². The maximum Gasteiger partial charge on any atom is 0.227 e. The fourth-order valence-corrected chi connectivity index (χ4v) is 2.82. The molecule has 0 spiro atoms. The van der Waals surface area contributed by atoms with Crippen molar-refractivity contribution >= 4 is 17.2 Å². The predicted octanol–water partition coefficient (Wildman–Crippen LogP) is 2.20. The molecule has 1 aromatic carbocycles. The molecule has 0 aliphatic heterocycles. The maximum atomic E-state index is 11.3. The molecule has 0 saturated heterocycles. The number of benzene rings is 1. The van der Waals surface area contributed by atoms with Gasteiger partial charge in [0.15, 0.2) is 0 Å². The van der Waals surface area contributed by atoms with E-state index >= 15 is 0 Å². The van der Waals surface area contributed by atoms with E-state index in [1.165, 1.54) is 23.5 Å². The Labute approximate surface area is 114 Å². The highest BCUT2D eigenvalue weighted by molar-refractivity contribution is 7.10. The fourth-order valence-electron chi connectivity index (χ4n) is 1.81. The van der Waals surface area contributed by atoms with Crippen LogP contribution in [0.1, 0.15) is 24.3 Å². The van der Waals surface area contributed by atoms with Gasteiger partial charge in [-0.05, 0) is 18.6 Å². The zero-order valence-corrected chi connectivity index (χ0v) is 11.1. The summed E-state index contributed by atoms with van der Waals surface area (Å²) < 4.78 is 0. The van der Waals surface area contributed by atoms with E-state index < -0.39 is 11.8 Å². The van der Waals surface area contributed by atoms with Crippen LogP contribution >= 0.6 is 11.3 Å². The minimum absolute atomic E-state index is 0.0136. The van der Waals surface area contributed by atoms with Gasteiger partial charge < -0.3 is 15.9 Å². The lowest BCUT2D eigenvalue weighted by molar-refractivity contribution is -0.119. The molecule has 1 atom stereocenters. The van der Waals surface area contributed by atoms with E-state index in [0.29, 0.717) is 22.7 Å². The summed E-state index contributed by atoms with van der Waals surface area (Å²) >= 11 is 1.33. The highest BCUT2D eigenvalue weighted by Crippen LogP contribution is 2.34. The van der Waals surface area contributed by atoms with Crippen LogP contribution in [0.4, 0.5) is 0 Å². The number of hydrogen-bond donors (Lipinski definition) is 3. The molecule has 6 heteroatoms. The number of primary amides is 1. The molecule has 4 N–H and O–H groups in total. The van der Waals surface area contributed by atoms with Gasteiger partial charge in [0, 0.05) is 17.0 Å². The molecule has 0 saturated carbocycles. The van der Waals surface area contributed by atoms with Crippen LogP contribution < -0.4 is 5.73 Å². The van der Waals surface area contributed by atoms with E-state index in [1.807, 2.05) is 6.92 Å². The fraction of sp³-hybridized carbons (Fsp3) is 0.231. The van der Waals surface area contributed by atoms with Crippen molar-refractivity contribution in [1.82, 2.24) is 4.98 Å². The average molecular weight is 278 g/mol. The van der Waals surface area contributed by atoms with Crippen LogP contribution in [0.15, 0.2) is 23.6 Å². The number of nitrogens with zero attached hydrogens (tertiary/aromatic N) is 1. The summed E-state index contributed by atoms with van der Waals surface area (Å²) in [6.45, 7) is 1.87. The zero-order chi connectivity index (χ0) is 14.0. The first kappa shape index (κ1) is 13.4. The van der Waals surface area contributed by atoms with Gasteiger partial charge in [0.1, 0.15) is 16.5 Å². The third-order valence-electron chi connectivity index (χ3n) is 2.83. The molecule has 1 amide bonds. The van der Waals surface area contributed by atoms with Crippen molar-refractivity contribution in [3.05, 3.63) is 28.6 Å². The van der Waals surface area contributed by atoms with Gasteiger partial charge in [0.05, 0.1) is 11.6 Å². The lowest BCUT2D eigenvalue weighted by Gasteiger charge is -2.06. The summed E-state index contributed by atoms with van der Waals surface area (Å²) in [5.74, 6) is -0.874. The Bertz CT molecular complexity index is 610. The summed E-state index contributed by atoms with van der Waals surface area (Å²) in [4.78, 5) is 15.6. The van der Waals surface area contributed by atoms with Crippen molar-refractivity contribution in [3.63, 3.8) is 0 Å². The summed E-state index contributed by atoms with van der Waals surface area (Å²) in [6, 6.07) is 4.30. The Balaban J connectivity index is 2.38. The Morgan fingerprint density at radius 1 is 1.47 bits per heavy atom. The van der Waals surface area contributed by atoms with Crippen LogP contribution in [-0.4, -0.2) is 21.1 Å². The van der Waals surface area contributed by atoms with Gasteiger partial charge in [-0.15, -0.1) is 11.3 Å². The van der Waals surface area contributed by atoms with E-state index in [2.05, 4.69) is 4.98 Å². The van der Waals surface area contributed by atoms with Crippen LogP contribution in [0.25, 0.3) is 11.3 Å². The first-order valence-corrected chi connectivity index (χ1v) is 6.68. The van der Waals surface area contributed by atoms with Gasteiger partial charge in [-0.25, -0.2) is 4.98 Å². The lowest BCUT2D eigenvalue weighted by Crippen LogP contribution is -2.20. The highest BCUT2D eigenvalue weighted by Gasteiger charge is 2.20. The number of phenolic OH excluding ortho intramolecular Hbond substituents is 2. The van der Waals surface area contributed by atoms with Crippen molar-refractivity contribution in [2.24, 2.45) is 5.73 Å². The highest BCUT2D eigenvalue weighted by atomic mass is 32.1. The Hall–Kier alpha value is -2.08. The molecule has 19 heavy (non-hydrogen) atoms. The minimum Gasteiger partial charge on any atom is -0.508 e. The second-order valence-electron chi connectivity index (χ2n) is 4.14. The maximum absolute atomic E-state index is 11.3. The van der Waals surface area contributed by atoms with E-state index in [0.717, 1.165) is 0 Å². The molecule has 0 fully saturated rings. The van der Waals surface area contributed by atoms with E-state index in [9.17, 15) is 15.0 Å². The number of nitrogens with two attached hydrogens (primary N) is 1. The molecule has 1 unspecified atom stereocenters. The second-order valence-corrected chi connectivity index (χ2v) is 5.03. The molecule has 5 nitrogen and oxygen atoms in total. The van der Waals surface area contributed by atoms with Crippen molar-refractivity contribution in [1.29, 1.82) is 0 Å². The van der Waals surface area contributed by atoms with E-state index in [1.54, 1.807) is 11.4 Å². The first-order valence-electron chi connectivity index (χ1n) is 5.80. The number of carbonyl (C=O) groups excluding carboxylic acids is 1. The molecule has 2 rings (SSSR count). The molecule has 100 valence electrons. The molecule has 0 aliphatic carbocycles. The largest absolute Gasteiger partial charge is 0.508 e. The summed E-state index contributed by atoms with van der Waals surface area (Å²) in [6.07, 6.45) is 0.587. The van der Waals surface area contributed by atoms with Crippen LogP contribution in [0.5, 0.6) is 11.5 Å². The topological polar surface area (TPSA) is 96.4 Å². The predicted molar refractivity (Wildman–Crippen MR) is 73.1 cm³/mol. The van der Waals surface area contributed by atoms with Crippen molar-refractivity contribution in [2.75, 3.05) is 0 Å². The van der Waals surface area contributed by atoms with Crippen molar-refractivity contribution in [2.45, 2.75) is 19.3 Å². The SMILES string of the molecule is CCC(C(N)=O)c1nc(-c2ccc(O)cc2O)cs1. The standard InChI is InChI=1S/C13H14N2O3S/c1-2-8(12(14)18)13-15-10(6-19-13)9-4-3-7(16)5-11(9)17/h3-6,8,16-17H,2H2,1H3,(H2,14,18). The number of hydrogen-bond acceptors (Lipinski definition) is 5. The number of rotatable bonds is 4. The van der Waals surface area contributed by atoms with Crippen LogP contribution in [-0.2, 0) is 4.79 Å². The quantitative estimate of drug-likeness (QED) is 0.798. The molecular weight excluding hydrogens is 264 g/mol. The number of aromatic nitrogens is 1. The number of aromatic hydroxyl groups is 2. The molecular formula is C13H14N2O3S. The van der Waals surface area contributed by atoms with Crippen LogP contribution in [0.3, 0.4) is 0 Å². The van der Waals surface area contributed by atoms with E-state index in [-0.39, 0.29) is 11.5 Å². The van der Waals surface area contributed by atoms with Crippen molar-refractivity contribution < 1.29 is 15.0 Å². The van der Waals surface area contributed by atoms with Crippen molar-refractivity contribution in [3.8, 4) is 22.8 Å². The zero-order valence-electron chi connectivity index (χ0n) is 10.3. The van der Waals surface area contributed by atoms with Gasteiger partial charge in [0.2, 0.25) is 5.91 Å². The Kier molecular flexibility index (Phi) is 3.71. The Morgan fingerprint density at radius 2 is 2.21 bits per heavy atom. The first-order chi connectivity index (χ1) is 9.02. The molecule has 1 heterocycles. The van der Waals surface area contributed by atoms with Gasteiger partial charge in [-0.2, -0.15) is 0 Å². The molecule has 0 aliphatic rings. The van der Waals surface area contributed by atoms with Gasteiger partial charge in [0.25, 0.3) is 0 Å². The molecule has 0 bridgehead atoms. The van der Waals surface area contributed by atoms with E-state index in [4.69, 9.17) is 5.73 Å². The van der Waals surface area contributed by atoms with Gasteiger partial charge in [-0.3, -0.25) is 4.79 Å². The molecule has 1 aromatic heterocycles. The number of phenols is 2. The smallest absolute Gasteiger partial charge is 0.227 e. The number of thiazole rings is 1. The van der Waals surface area contributed by atoms with Crippen LogP contribution in [0.2, 0.25) is 0 Å². The monoisotopic (exact) mass is 278 g/mol. The summed E-state index contributed by atoms with van der Waals surface area (Å²) in [5, 5.41) is 21.4. The number of carbonyl (C=O) groups is 1. The molecule has 2 aromatic rings. The Morgan fingerprint density at radius 3 is 2.79 bits per heavy atom. The second kappa shape index (κ2) is 5.27. The summed E-state index contributed by atoms with van der Waals surface area (Å²) in [7, 11) is 0. The minimum atomic E-state index is -0.405. The average Bonchev–Trinajstić information content (AvgIpc) is 2.78. The third-order valence-corrected chi connectivity index (χ3v) is 3.79. The third kappa shape index (κ3) is 2.68. The van der Waals surface area contributed by atoms with Crippen LogP contribution in [0, 0.1) is 0 Å². The number of amides is 1.